The highest BCUT2D eigenvalue weighted by molar-refractivity contribution is 7.92. The van der Waals surface area contributed by atoms with E-state index in [4.69, 9.17) is 16.0 Å². The molecule has 1 aromatic carbocycles. The minimum Gasteiger partial charge on any atom is -0.453 e. The largest absolute Gasteiger partial charge is 0.453 e. The second-order valence-electron chi connectivity index (χ2n) is 8.38. The number of hydrogen-bond donors (Lipinski definition) is 3. The lowest BCUT2D eigenvalue weighted by molar-refractivity contribution is 0.168. The molecule has 0 saturated heterocycles. The molecule has 0 unspecified atom stereocenters. The normalized spacial score (nSPS) is 14.2. The van der Waals surface area contributed by atoms with Crippen LogP contribution in [0.25, 0.3) is 22.7 Å². The van der Waals surface area contributed by atoms with E-state index < -0.39 is 21.9 Å². The van der Waals surface area contributed by atoms with Gasteiger partial charge < -0.3 is 19.8 Å². The van der Waals surface area contributed by atoms with Gasteiger partial charge in [-0.2, -0.15) is 0 Å². The first kappa shape index (κ1) is 25.6. The summed E-state index contributed by atoms with van der Waals surface area (Å²) in [6, 6.07) is 3.83. The van der Waals surface area contributed by atoms with Gasteiger partial charge in [0.25, 0.3) is 0 Å². The van der Waals surface area contributed by atoms with E-state index in [1.54, 1.807) is 13.0 Å². The van der Waals surface area contributed by atoms with Gasteiger partial charge in [0.05, 0.1) is 19.1 Å². The van der Waals surface area contributed by atoms with Crippen LogP contribution in [0.5, 0.6) is 0 Å². The van der Waals surface area contributed by atoms with E-state index >= 15 is 4.39 Å². The zero-order valence-electron chi connectivity index (χ0n) is 19.6. The number of aromatic nitrogens is 3. The molecule has 36 heavy (non-hydrogen) atoms. The molecule has 3 aromatic rings. The molecule has 0 radical (unpaired) electrons. The number of sulfonamides is 1. The van der Waals surface area contributed by atoms with Crippen molar-refractivity contribution < 1.29 is 26.8 Å². The first-order valence-electron chi connectivity index (χ1n) is 10.9. The number of methoxy groups -OCH3 is 1. The maximum absolute atomic E-state index is 15.5. The number of carbonyl (C=O) groups is 1. The van der Waals surface area contributed by atoms with Crippen LogP contribution in [0.15, 0.2) is 28.8 Å². The van der Waals surface area contributed by atoms with E-state index in [9.17, 15) is 13.2 Å². The van der Waals surface area contributed by atoms with Gasteiger partial charge in [0.15, 0.2) is 17.5 Å². The highest BCUT2D eigenvalue weighted by Crippen LogP contribution is 2.44. The van der Waals surface area contributed by atoms with Gasteiger partial charge in [-0.05, 0) is 38.0 Å². The highest BCUT2D eigenvalue weighted by Gasteiger charge is 2.32. The van der Waals surface area contributed by atoms with Gasteiger partial charge in [-0.25, -0.2) is 32.6 Å². The van der Waals surface area contributed by atoms with Gasteiger partial charge in [-0.1, -0.05) is 11.6 Å². The minimum atomic E-state index is -3.76. The summed E-state index contributed by atoms with van der Waals surface area (Å²) in [7, 11) is -2.49. The van der Waals surface area contributed by atoms with Gasteiger partial charge in [0.1, 0.15) is 11.4 Å². The van der Waals surface area contributed by atoms with Crippen molar-refractivity contribution in [1.82, 2.24) is 20.3 Å². The van der Waals surface area contributed by atoms with Crippen molar-refractivity contribution in [3.63, 3.8) is 0 Å². The summed E-state index contributed by atoms with van der Waals surface area (Å²) in [4.78, 5) is 24.5. The lowest BCUT2D eigenvalue weighted by Gasteiger charge is -2.14. The van der Waals surface area contributed by atoms with Crippen molar-refractivity contribution in [3.8, 4) is 22.7 Å². The molecular weight excluding hydrogens is 515 g/mol. The molecule has 1 atom stereocenters. The third kappa shape index (κ3) is 6.21. The molecule has 1 saturated carbocycles. The van der Waals surface area contributed by atoms with Crippen LogP contribution in [0, 0.1) is 5.82 Å². The fourth-order valence-corrected chi connectivity index (χ4v) is 4.13. The number of nitrogens with one attached hydrogen (secondary N) is 3. The lowest BCUT2D eigenvalue weighted by atomic mass is 10.1. The van der Waals surface area contributed by atoms with E-state index in [0.717, 1.165) is 19.1 Å². The van der Waals surface area contributed by atoms with Crippen LogP contribution in [0.3, 0.4) is 0 Å². The maximum atomic E-state index is 15.5. The van der Waals surface area contributed by atoms with Crippen LogP contribution in [-0.2, 0) is 14.8 Å². The predicted molar refractivity (Wildman–Crippen MR) is 132 cm³/mol. The molecule has 14 heteroatoms. The SMILES string of the molecule is COC(=O)N[C@@H](C)CNc1nccc(-c2oc(C3CC3)nc2-c2cc(Cl)cc(NS(C)(=O)=O)c2F)n1. The highest BCUT2D eigenvalue weighted by atomic mass is 35.5. The molecule has 0 aliphatic heterocycles. The van der Waals surface area contributed by atoms with Gasteiger partial charge in [0.2, 0.25) is 16.0 Å². The fourth-order valence-electron chi connectivity index (χ4n) is 3.36. The molecule has 1 aliphatic rings. The number of amides is 1. The van der Waals surface area contributed by atoms with Crippen LogP contribution in [-0.4, -0.2) is 55.4 Å². The monoisotopic (exact) mass is 538 g/mol. The number of carbonyl (C=O) groups excluding carboxylic acids is 1. The summed E-state index contributed by atoms with van der Waals surface area (Å²) in [5.74, 6) is 0.123. The Morgan fingerprint density at radius 3 is 2.75 bits per heavy atom. The number of nitrogens with zero attached hydrogens (tertiary/aromatic N) is 3. The summed E-state index contributed by atoms with van der Waals surface area (Å²) < 4.78 is 51.6. The van der Waals surface area contributed by atoms with Crippen LogP contribution >= 0.6 is 11.6 Å². The van der Waals surface area contributed by atoms with E-state index in [2.05, 4.69) is 35.0 Å². The summed E-state index contributed by atoms with van der Waals surface area (Å²) in [6.07, 6.45) is 3.62. The van der Waals surface area contributed by atoms with Gasteiger partial charge >= 0.3 is 6.09 Å². The Bertz CT molecular complexity index is 1400. The quantitative estimate of drug-likeness (QED) is 0.367. The molecule has 1 amide bonds. The van der Waals surface area contributed by atoms with Crippen molar-refractivity contribution in [3.05, 3.63) is 41.1 Å². The van der Waals surface area contributed by atoms with Gasteiger partial charge in [0, 0.05) is 35.3 Å². The molecule has 192 valence electrons. The van der Waals surface area contributed by atoms with Crippen molar-refractivity contribution in [2.45, 2.75) is 31.7 Å². The van der Waals surface area contributed by atoms with E-state index in [-0.39, 0.29) is 45.6 Å². The van der Waals surface area contributed by atoms with Crippen molar-refractivity contribution in [2.24, 2.45) is 0 Å². The number of oxazole rings is 1. The Kier molecular flexibility index (Phi) is 7.31. The van der Waals surface area contributed by atoms with Gasteiger partial charge in [-0.15, -0.1) is 0 Å². The second kappa shape index (κ2) is 10.3. The lowest BCUT2D eigenvalue weighted by Crippen LogP contribution is -2.37. The molecule has 0 bridgehead atoms. The van der Waals surface area contributed by atoms with Crippen molar-refractivity contribution in [2.75, 3.05) is 29.9 Å². The summed E-state index contributed by atoms with van der Waals surface area (Å²) in [5.41, 5.74) is 0.119. The number of benzene rings is 1. The number of hydrogen-bond acceptors (Lipinski definition) is 9. The number of ether oxygens (including phenoxy) is 1. The number of alkyl carbamates (subject to hydrolysis) is 1. The standard InChI is InChI=1S/C22H24ClFN6O5S/c1-11(27-22(31)34-2)10-26-21-25-7-6-15(28-21)19-18(29-20(35-19)12-4-5-12)14-8-13(23)9-16(17(14)24)30-36(3,32)33/h6-9,11-12,30H,4-5,10H2,1-3H3,(H,27,31)(H,25,26,28)/t11-/m0/s1. The zero-order chi connectivity index (χ0) is 26.0. The number of halogens is 2. The predicted octanol–water partition coefficient (Wildman–Crippen LogP) is 4.00. The molecule has 2 heterocycles. The number of anilines is 2. The Hall–Kier alpha value is -3.45. The molecule has 1 aliphatic carbocycles. The minimum absolute atomic E-state index is 0.0386. The van der Waals surface area contributed by atoms with E-state index in [0.29, 0.717) is 18.1 Å². The smallest absolute Gasteiger partial charge is 0.407 e. The Morgan fingerprint density at radius 2 is 2.08 bits per heavy atom. The molecule has 2 aromatic heterocycles. The van der Waals surface area contributed by atoms with E-state index in [1.165, 1.54) is 25.4 Å². The summed E-state index contributed by atoms with van der Waals surface area (Å²) >= 11 is 6.19. The molecule has 11 nitrogen and oxygen atoms in total. The maximum Gasteiger partial charge on any atom is 0.407 e. The van der Waals surface area contributed by atoms with Crippen LogP contribution in [0.2, 0.25) is 5.02 Å². The van der Waals surface area contributed by atoms with Crippen LogP contribution in [0.4, 0.5) is 20.8 Å². The first-order chi connectivity index (χ1) is 17.0. The molecular formula is C22H24ClFN6O5S. The Labute approximate surface area is 211 Å². The first-order valence-corrected chi connectivity index (χ1v) is 13.2. The second-order valence-corrected chi connectivity index (χ2v) is 10.6. The zero-order valence-corrected chi connectivity index (χ0v) is 21.2. The Morgan fingerprint density at radius 1 is 1.33 bits per heavy atom. The average Bonchev–Trinajstić information content (AvgIpc) is 3.57. The molecule has 4 rings (SSSR count). The average molecular weight is 539 g/mol. The van der Waals surface area contributed by atoms with Gasteiger partial charge in [-0.3, -0.25) is 4.72 Å². The van der Waals surface area contributed by atoms with E-state index in [1.807, 2.05) is 0 Å². The third-order valence-corrected chi connectivity index (χ3v) is 5.97. The third-order valence-electron chi connectivity index (χ3n) is 5.16. The Balaban J connectivity index is 1.70. The van der Waals surface area contributed by atoms with Crippen LogP contribution < -0.4 is 15.4 Å². The molecule has 0 spiro atoms. The topological polar surface area (TPSA) is 148 Å². The van der Waals surface area contributed by atoms with Crippen LogP contribution in [0.1, 0.15) is 31.6 Å². The molecule has 3 N–H and O–H groups in total. The van der Waals surface area contributed by atoms with Crippen molar-refractivity contribution >= 4 is 39.4 Å². The molecule has 1 fully saturated rings. The van der Waals surface area contributed by atoms with Crippen molar-refractivity contribution in [1.29, 1.82) is 0 Å². The summed E-state index contributed by atoms with van der Waals surface area (Å²) in [5, 5.41) is 5.74. The summed E-state index contributed by atoms with van der Waals surface area (Å²) in [6.45, 7) is 2.08. The number of rotatable bonds is 9. The fraction of sp³-hybridized carbons (Fsp3) is 0.364.